The van der Waals surface area contributed by atoms with Crippen LogP contribution in [-0.4, -0.2) is 9.97 Å². The highest BCUT2D eigenvalue weighted by atomic mass is 35.5. The second-order valence-corrected chi connectivity index (χ2v) is 5.36. The van der Waals surface area contributed by atoms with Crippen LogP contribution >= 0.6 is 11.6 Å². The van der Waals surface area contributed by atoms with Crippen LogP contribution in [0.25, 0.3) is 0 Å². The fraction of sp³-hybridized carbons (Fsp3) is 0.375. The maximum absolute atomic E-state index is 5.95. The van der Waals surface area contributed by atoms with E-state index >= 15 is 0 Å². The van der Waals surface area contributed by atoms with Crippen molar-refractivity contribution in [2.24, 2.45) is 0 Å². The Labute approximate surface area is 118 Å². The molecule has 1 aliphatic carbocycles. The Balaban J connectivity index is 1.72. The SMILES string of the molecule is ClCc1cnc(CCc2ccccc2)nc1C1CC1. The third-order valence-corrected chi connectivity index (χ3v) is 3.82. The molecule has 0 saturated heterocycles. The van der Waals surface area contributed by atoms with Gasteiger partial charge >= 0.3 is 0 Å². The topological polar surface area (TPSA) is 25.8 Å². The van der Waals surface area contributed by atoms with Crippen LogP contribution < -0.4 is 0 Å². The molecule has 1 aromatic carbocycles. The summed E-state index contributed by atoms with van der Waals surface area (Å²) in [5.41, 5.74) is 3.63. The smallest absolute Gasteiger partial charge is 0.128 e. The highest BCUT2D eigenvalue weighted by Crippen LogP contribution is 2.40. The van der Waals surface area contributed by atoms with Gasteiger partial charge in [-0.15, -0.1) is 11.6 Å². The fourth-order valence-corrected chi connectivity index (χ4v) is 2.50. The highest BCUT2D eigenvalue weighted by Gasteiger charge is 2.27. The van der Waals surface area contributed by atoms with Gasteiger partial charge in [0.25, 0.3) is 0 Å². The molecule has 2 aromatic rings. The number of benzene rings is 1. The largest absolute Gasteiger partial charge is 0.241 e. The van der Waals surface area contributed by atoms with Crippen molar-refractivity contribution in [1.29, 1.82) is 0 Å². The van der Waals surface area contributed by atoms with Gasteiger partial charge in [0.2, 0.25) is 0 Å². The van der Waals surface area contributed by atoms with E-state index in [1.807, 2.05) is 12.3 Å². The number of alkyl halides is 1. The number of aromatic nitrogens is 2. The third-order valence-electron chi connectivity index (χ3n) is 3.54. The predicted octanol–water partition coefficient (Wildman–Crippen LogP) is 3.88. The van der Waals surface area contributed by atoms with E-state index in [1.165, 1.54) is 24.1 Å². The molecule has 1 fully saturated rings. The molecule has 1 saturated carbocycles. The van der Waals surface area contributed by atoms with Crippen LogP contribution in [0.1, 0.15) is 41.4 Å². The van der Waals surface area contributed by atoms with E-state index in [0.717, 1.165) is 24.2 Å². The molecular formula is C16H17ClN2. The van der Waals surface area contributed by atoms with Crippen LogP contribution in [0.3, 0.4) is 0 Å². The van der Waals surface area contributed by atoms with Crippen molar-refractivity contribution in [3.63, 3.8) is 0 Å². The molecule has 0 N–H and O–H groups in total. The first kappa shape index (κ1) is 12.6. The molecular weight excluding hydrogens is 256 g/mol. The Morgan fingerprint density at radius 2 is 1.89 bits per heavy atom. The van der Waals surface area contributed by atoms with Crippen molar-refractivity contribution >= 4 is 11.6 Å². The van der Waals surface area contributed by atoms with E-state index in [1.54, 1.807) is 0 Å². The van der Waals surface area contributed by atoms with Gasteiger partial charge < -0.3 is 0 Å². The first-order valence-electron chi connectivity index (χ1n) is 6.81. The van der Waals surface area contributed by atoms with Crippen molar-refractivity contribution in [2.75, 3.05) is 0 Å². The summed E-state index contributed by atoms with van der Waals surface area (Å²) in [6.45, 7) is 0. The van der Waals surface area contributed by atoms with Gasteiger partial charge in [-0.05, 0) is 24.8 Å². The Kier molecular flexibility index (Phi) is 3.79. The molecule has 0 aliphatic heterocycles. The normalized spacial score (nSPS) is 14.6. The second-order valence-electron chi connectivity index (χ2n) is 5.09. The van der Waals surface area contributed by atoms with Crippen LogP contribution in [-0.2, 0) is 18.7 Å². The first-order chi connectivity index (χ1) is 9.36. The van der Waals surface area contributed by atoms with Gasteiger partial charge in [0.05, 0.1) is 11.6 Å². The molecule has 0 radical (unpaired) electrons. The van der Waals surface area contributed by atoms with Crippen molar-refractivity contribution in [1.82, 2.24) is 9.97 Å². The summed E-state index contributed by atoms with van der Waals surface area (Å²) in [6.07, 6.45) is 6.30. The van der Waals surface area contributed by atoms with E-state index in [-0.39, 0.29) is 0 Å². The molecule has 19 heavy (non-hydrogen) atoms. The molecule has 2 nitrogen and oxygen atoms in total. The van der Waals surface area contributed by atoms with Gasteiger partial charge in [0.1, 0.15) is 5.82 Å². The van der Waals surface area contributed by atoms with Crippen LogP contribution in [0.2, 0.25) is 0 Å². The average Bonchev–Trinajstić information content (AvgIpc) is 3.30. The van der Waals surface area contributed by atoms with Crippen LogP contribution in [0.4, 0.5) is 0 Å². The molecule has 1 aromatic heterocycles. The lowest BCUT2D eigenvalue weighted by atomic mass is 10.1. The standard InChI is InChI=1S/C16H17ClN2/c17-10-14-11-18-15(19-16(14)13-7-8-13)9-6-12-4-2-1-3-5-12/h1-5,11,13H,6-10H2. The zero-order valence-electron chi connectivity index (χ0n) is 10.8. The maximum atomic E-state index is 5.95. The van der Waals surface area contributed by atoms with Crippen LogP contribution in [0, 0.1) is 0 Å². The van der Waals surface area contributed by atoms with Gasteiger partial charge in [-0.25, -0.2) is 9.97 Å². The summed E-state index contributed by atoms with van der Waals surface area (Å²) < 4.78 is 0. The number of hydrogen-bond donors (Lipinski definition) is 0. The van der Waals surface area contributed by atoms with Crippen molar-refractivity contribution < 1.29 is 0 Å². The highest BCUT2D eigenvalue weighted by molar-refractivity contribution is 6.17. The second kappa shape index (κ2) is 5.70. The maximum Gasteiger partial charge on any atom is 0.128 e. The molecule has 3 heteroatoms. The molecule has 1 aliphatic rings. The van der Waals surface area contributed by atoms with Crippen molar-refractivity contribution in [3.8, 4) is 0 Å². The quantitative estimate of drug-likeness (QED) is 0.772. The number of halogens is 1. The molecule has 0 bridgehead atoms. The number of nitrogens with zero attached hydrogens (tertiary/aromatic N) is 2. The zero-order chi connectivity index (χ0) is 13.1. The van der Waals surface area contributed by atoms with Gasteiger partial charge in [-0.1, -0.05) is 30.3 Å². The van der Waals surface area contributed by atoms with Crippen molar-refractivity contribution in [2.45, 2.75) is 37.5 Å². The summed E-state index contributed by atoms with van der Waals surface area (Å²) in [6, 6.07) is 10.5. The minimum absolute atomic E-state index is 0.519. The lowest BCUT2D eigenvalue weighted by molar-refractivity contribution is 0.818. The van der Waals surface area contributed by atoms with Gasteiger partial charge in [0.15, 0.2) is 0 Å². The molecule has 1 heterocycles. The predicted molar refractivity (Wildman–Crippen MR) is 77.4 cm³/mol. The summed E-state index contributed by atoms with van der Waals surface area (Å²) in [4.78, 5) is 9.16. The molecule has 98 valence electrons. The summed E-state index contributed by atoms with van der Waals surface area (Å²) in [5, 5.41) is 0. The minimum atomic E-state index is 0.519. The summed E-state index contributed by atoms with van der Waals surface area (Å²) in [7, 11) is 0. The Bertz CT molecular complexity index is 550. The minimum Gasteiger partial charge on any atom is -0.241 e. The van der Waals surface area contributed by atoms with Gasteiger partial charge in [0, 0.05) is 24.1 Å². The number of aryl methyl sites for hydroxylation is 2. The summed E-state index contributed by atoms with van der Waals surface area (Å²) in [5.74, 6) is 2.09. The Morgan fingerprint density at radius 1 is 1.11 bits per heavy atom. The van der Waals surface area contributed by atoms with Gasteiger partial charge in [-0.2, -0.15) is 0 Å². The lowest BCUT2D eigenvalue weighted by Gasteiger charge is -2.07. The lowest BCUT2D eigenvalue weighted by Crippen LogP contribution is -2.04. The summed E-state index contributed by atoms with van der Waals surface area (Å²) >= 11 is 5.95. The molecule has 0 atom stereocenters. The molecule has 0 spiro atoms. The first-order valence-corrected chi connectivity index (χ1v) is 7.35. The van der Waals surface area contributed by atoms with Crippen LogP contribution in [0.15, 0.2) is 36.5 Å². The van der Waals surface area contributed by atoms with E-state index < -0.39 is 0 Å². The number of hydrogen-bond acceptors (Lipinski definition) is 2. The average molecular weight is 273 g/mol. The van der Waals surface area contributed by atoms with Crippen LogP contribution in [0.5, 0.6) is 0 Å². The molecule has 0 amide bonds. The van der Waals surface area contributed by atoms with E-state index in [4.69, 9.17) is 16.6 Å². The molecule has 3 rings (SSSR count). The van der Waals surface area contributed by atoms with E-state index in [9.17, 15) is 0 Å². The monoisotopic (exact) mass is 272 g/mol. The fourth-order valence-electron chi connectivity index (χ4n) is 2.29. The van der Waals surface area contributed by atoms with E-state index in [2.05, 4.69) is 29.2 Å². The zero-order valence-corrected chi connectivity index (χ0v) is 11.6. The molecule has 0 unspecified atom stereocenters. The van der Waals surface area contributed by atoms with Crippen molar-refractivity contribution in [3.05, 3.63) is 59.2 Å². The third kappa shape index (κ3) is 3.13. The Morgan fingerprint density at radius 3 is 2.58 bits per heavy atom. The van der Waals surface area contributed by atoms with Gasteiger partial charge in [-0.3, -0.25) is 0 Å². The van der Waals surface area contributed by atoms with E-state index in [0.29, 0.717) is 11.8 Å². The number of rotatable bonds is 5. The Hall–Kier alpha value is -1.41.